The number of hydrogen-bond donors (Lipinski definition) is 6. The Balaban J connectivity index is 1.33. The van der Waals surface area contributed by atoms with Gasteiger partial charge in [0, 0.05) is 41.2 Å². The van der Waals surface area contributed by atoms with Crippen LogP contribution < -0.4 is 15.4 Å². The van der Waals surface area contributed by atoms with E-state index >= 15 is 0 Å². The van der Waals surface area contributed by atoms with Gasteiger partial charge >= 0.3 is 0 Å². The number of para-hydroxylation sites is 1. The lowest BCUT2D eigenvalue weighted by atomic mass is 10.0. The summed E-state index contributed by atoms with van der Waals surface area (Å²) in [6.45, 7) is 4.95. The number of H-pyrrole nitrogens is 1. The smallest absolute Gasteiger partial charge is 0.267 e. The van der Waals surface area contributed by atoms with Crippen molar-refractivity contribution in [3.63, 3.8) is 0 Å². The fraction of sp³-hybridized carbons (Fsp3) is 0.300. The van der Waals surface area contributed by atoms with Crippen LogP contribution in [0.3, 0.4) is 0 Å². The molecule has 4 aromatic rings. The molecule has 0 aliphatic rings. The number of carbonyl (C=O) groups is 1. The van der Waals surface area contributed by atoms with Crippen molar-refractivity contribution >= 4 is 16.8 Å². The van der Waals surface area contributed by atoms with E-state index in [4.69, 9.17) is 4.74 Å². The van der Waals surface area contributed by atoms with Gasteiger partial charge < -0.3 is 35.7 Å². The third-order valence-corrected chi connectivity index (χ3v) is 6.50. The van der Waals surface area contributed by atoms with Crippen molar-refractivity contribution in [2.75, 3.05) is 13.2 Å². The van der Waals surface area contributed by atoms with Crippen molar-refractivity contribution < 1.29 is 24.9 Å². The van der Waals surface area contributed by atoms with Crippen molar-refractivity contribution in [1.29, 1.82) is 0 Å². The molecule has 1 aromatic heterocycles. The van der Waals surface area contributed by atoms with Gasteiger partial charge in [0.05, 0.1) is 19.3 Å². The monoisotopic (exact) mass is 517 g/mol. The van der Waals surface area contributed by atoms with Crippen LogP contribution in [0.15, 0.2) is 66.7 Å². The molecule has 3 aromatic carbocycles. The zero-order chi connectivity index (χ0) is 27.1. The minimum Gasteiger partial charge on any atom is -0.508 e. The lowest BCUT2D eigenvalue weighted by Crippen LogP contribution is -2.32. The molecule has 1 amide bonds. The van der Waals surface area contributed by atoms with E-state index in [1.807, 2.05) is 56.3 Å². The Hall–Kier alpha value is -3.85. The molecule has 6 N–H and O–H groups in total. The van der Waals surface area contributed by atoms with Gasteiger partial charge in [0.15, 0.2) is 0 Å². The molecule has 38 heavy (non-hydrogen) atoms. The number of carbonyl (C=O) groups excluding carboxylic acids is 1. The second kappa shape index (κ2) is 12.6. The number of aromatic hydroxyl groups is 1. The molecule has 0 spiro atoms. The number of benzene rings is 3. The summed E-state index contributed by atoms with van der Waals surface area (Å²) in [6, 6.07) is 20.4. The second-order valence-corrected chi connectivity index (χ2v) is 9.40. The fourth-order valence-corrected chi connectivity index (χ4v) is 4.44. The maximum absolute atomic E-state index is 12.8. The first-order chi connectivity index (χ1) is 18.4. The molecule has 1 heterocycles. The summed E-state index contributed by atoms with van der Waals surface area (Å²) in [5, 5.41) is 36.8. The molecule has 0 radical (unpaired) electrons. The SMILES string of the molecule is CCOc1ccccc1CNC(=O)c1cc2cc(CC(C)NCC(O)c3ccc(O)c(CO)c3)ccc2[nH]1. The van der Waals surface area contributed by atoms with Crippen LogP contribution in [0.4, 0.5) is 0 Å². The molecule has 0 fully saturated rings. The minimum absolute atomic E-state index is 0.0115. The van der Waals surface area contributed by atoms with Crippen LogP contribution in [0.5, 0.6) is 11.5 Å². The van der Waals surface area contributed by atoms with Gasteiger partial charge in [0.2, 0.25) is 0 Å². The van der Waals surface area contributed by atoms with Crippen molar-refractivity contribution in [1.82, 2.24) is 15.6 Å². The average molecular weight is 518 g/mol. The maximum Gasteiger partial charge on any atom is 0.267 e. The second-order valence-electron chi connectivity index (χ2n) is 9.40. The van der Waals surface area contributed by atoms with Gasteiger partial charge in [-0.3, -0.25) is 4.79 Å². The summed E-state index contributed by atoms with van der Waals surface area (Å²) < 4.78 is 5.64. The predicted molar refractivity (Wildman–Crippen MR) is 147 cm³/mol. The number of aliphatic hydroxyl groups excluding tert-OH is 2. The van der Waals surface area contributed by atoms with E-state index in [-0.39, 0.29) is 24.3 Å². The molecule has 0 aliphatic carbocycles. The standard InChI is InChI=1S/C30H35N3O5/c1-3-38-29-7-5-4-6-22(29)16-32-30(37)26-15-23-13-20(8-10-25(23)33-26)12-19(2)31-17-28(36)21-9-11-27(35)24(14-21)18-34/h4-11,13-15,19,28,31,33-36H,3,12,16-18H2,1-2H3,(H,32,37). The van der Waals surface area contributed by atoms with Gasteiger partial charge in [0.25, 0.3) is 5.91 Å². The summed E-state index contributed by atoms with van der Waals surface area (Å²) >= 11 is 0. The van der Waals surface area contributed by atoms with E-state index in [2.05, 4.69) is 21.7 Å². The number of aromatic nitrogens is 1. The maximum atomic E-state index is 12.8. The van der Waals surface area contributed by atoms with Gasteiger partial charge in [-0.05, 0) is 67.8 Å². The van der Waals surface area contributed by atoms with Crippen molar-refractivity contribution in [2.24, 2.45) is 0 Å². The highest BCUT2D eigenvalue weighted by Gasteiger charge is 2.14. The first-order valence-electron chi connectivity index (χ1n) is 12.8. The third-order valence-electron chi connectivity index (χ3n) is 6.50. The van der Waals surface area contributed by atoms with Crippen molar-refractivity contribution in [3.8, 4) is 11.5 Å². The van der Waals surface area contributed by atoms with Gasteiger partial charge in [-0.25, -0.2) is 0 Å². The van der Waals surface area contributed by atoms with Crippen LogP contribution in [0.2, 0.25) is 0 Å². The molecule has 0 bridgehead atoms. The van der Waals surface area contributed by atoms with Gasteiger partial charge in [-0.15, -0.1) is 0 Å². The normalized spacial score (nSPS) is 12.8. The lowest BCUT2D eigenvalue weighted by molar-refractivity contribution is 0.0946. The number of aromatic amines is 1. The molecular formula is C30H35N3O5. The quantitative estimate of drug-likeness (QED) is 0.169. The molecule has 0 saturated carbocycles. The summed E-state index contributed by atoms with van der Waals surface area (Å²) in [7, 11) is 0. The highest BCUT2D eigenvalue weighted by atomic mass is 16.5. The molecule has 0 saturated heterocycles. The molecule has 4 rings (SSSR count). The summed E-state index contributed by atoms with van der Waals surface area (Å²) in [5.41, 5.74) is 4.43. The molecular weight excluding hydrogens is 482 g/mol. The predicted octanol–water partition coefficient (Wildman–Crippen LogP) is 3.95. The van der Waals surface area contributed by atoms with E-state index in [1.54, 1.807) is 12.1 Å². The van der Waals surface area contributed by atoms with E-state index < -0.39 is 6.10 Å². The van der Waals surface area contributed by atoms with E-state index in [0.717, 1.165) is 34.2 Å². The third kappa shape index (κ3) is 6.72. The average Bonchev–Trinajstić information content (AvgIpc) is 3.35. The van der Waals surface area contributed by atoms with Crippen molar-refractivity contribution in [2.45, 2.75) is 45.6 Å². The minimum atomic E-state index is -0.767. The van der Waals surface area contributed by atoms with Crippen LogP contribution in [0, 0.1) is 0 Å². The topological polar surface area (TPSA) is 127 Å². The number of fused-ring (bicyclic) bond motifs is 1. The van der Waals surface area contributed by atoms with E-state index in [9.17, 15) is 20.1 Å². The van der Waals surface area contributed by atoms with Crippen LogP contribution >= 0.6 is 0 Å². The number of aliphatic hydroxyl groups is 2. The van der Waals surface area contributed by atoms with E-state index in [1.165, 1.54) is 6.07 Å². The molecule has 200 valence electrons. The Kier molecular flexibility index (Phi) is 9.02. The number of phenols is 1. The Bertz CT molecular complexity index is 1380. The lowest BCUT2D eigenvalue weighted by Gasteiger charge is -2.18. The van der Waals surface area contributed by atoms with Gasteiger partial charge in [-0.2, -0.15) is 0 Å². The number of amides is 1. The summed E-state index contributed by atoms with van der Waals surface area (Å²) in [6.07, 6.45) is -0.0294. The fourth-order valence-electron chi connectivity index (χ4n) is 4.44. The highest BCUT2D eigenvalue weighted by Crippen LogP contribution is 2.23. The van der Waals surface area contributed by atoms with Gasteiger partial charge in [0.1, 0.15) is 17.2 Å². The molecule has 2 atom stereocenters. The number of nitrogens with one attached hydrogen (secondary N) is 3. The molecule has 8 nitrogen and oxygen atoms in total. The van der Waals surface area contributed by atoms with Crippen LogP contribution in [0.1, 0.15) is 52.7 Å². The molecule has 8 heteroatoms. The largest absolute Gasteiger partial charge is 0.508 e. The summed E-state index contributed by atoms with van der Waals surface area (Å²) in [4.78, 5) is 16.0. The number of hydrogen-bond acceptors (Lipinski definition) is 6. The Morgan fingerprint density at radius 3 is 2.66 bits per heavy atom. The van der Waals surface area contributed by atoms with Crippen LogP contribution in [-0.2, 0) is 19.6 Å². The number of rotatable bonds is 12. The number of ether oxygens (including phenoxy) is 1. The molecule has 2 unspecified atom stereocenters. The van der Waals surface area contributed by atoms with Gasteiger partial charge in [-0.1, -0.05) is 30.3 Å². The first kappa shape index (κ1) is 27.2. The van der Waals surface area contributed by atoms with Crippen LogP contribution in [-0.4, -0.2) is 45.4 Å². The molecule has 0 aliphatic heterocycles. The van der Waals surface area contributed by atoms with Crippen molar-refractivity contribution in [3.05, 3.63) is 94.7 Å². The highest BCUT2D eigenvalue weighted by molar-refractivity contribution is 5.98. The Morgan fingerprint density at radius 1 is 1.05 bits per heavy atom. The van der Waals surface area contributed by atoms with E-state index in [0.29, 0.717) is 36.5 Å². The summed E-state index contributed by atoms with van der Waals surface area (Å²) in [5.74, 6) is 0.596. The zero-order valence-electron chi connectivity index (χ0n) is 21.7. The first-order valence-corrected chi connectivity index (χ1v) is 12.8. The zero-order valence-corrected chi connectivity index (χ0v) is 21.7. The Morgan fingerprint density at radius 2 is 1.87 bits per heavy atom. The Labute approximate surface area is 222 Å². The van der Waals surface area contributed by atoms with Crippen LogP contribution in [0.25, 0.3) is 10.9 Å².